The number of nitrogens with zero attached hydrogens (tertiary/aromatic N) is 1. The molecule has 0 amide bonds. The molecule has 0 bridgehead atoms. The summed E-state index contributed by atoms with van der Waals surface area (Å²) in [4.78, 5) is 13.7. The lowest BCUT2D eigenvalue weighted by Crippen LogP contribution is -2.45. The smallest absolute Gasteiger partial charge is 0.168 e. The van der Waals surface area contributed by atoms with Crippen LogP contribution in [0.2, 0.25) is 0 Å². The lowest BCUT2D eigenvalue weighted by Gasteiger charge is -2.33. The Kier molecular flexibility index (Phi) is 5.02. The zero-order valence-electron chi connectivity index (χ0n) is 9.58. The molecule has 0 aliphatic carbocycles. The Morgan fingerprint density at radius 2 is 2.00 bits per heavy atom. The van der Waals surface area contributed by atoms with Crippen LogP contribution in [0.25, 0.3) is 0 Å². The minimum Gasteiger partial charge on any atom is -0.363 e. The number of hydrogen-bond acceptors (Lipinski definition) is 2. The molecule has 0 saturated carbocycles. The van der Waals surface area contributed by atoms with Gasteiger partial charge in [0.05, 0.1) is 0 Å². The van der Waals surface area contributed by atoms with Crippen LogP contribution in [0.5, 0.6) is 0 Å². The summed E-state index contributed by atoms with van der Waals surface area (Å²) in [5, 5.41) is 3.98. The van der Waals surface area contributed by atoms with E-state index in [1.54, 1.807) is 0 Å². The highest BCUT2D eigenvalue weighted by Crippen LogP contribution is 2.19. The predicted octanol–water partition coefficient (Wildman–Crippen LogP) is 1.57. The first kappa shape index (κ1) is 12.4. The summed E-state index contributed by atoms with van der Waals surface area (Å²) in [5.74, 6) is 0.680. The van der Waals surface area contributed by atoms with Gasteiger partial charge < -0.3 is 10.2 Å². The molecule has 86 valence electrons. The average molecular weight is 228 g/mol. The van der Waals surface area contributed by atoms with Gasteiger partial charge in [-0.3, -0.25) is 4.79 Å². The fourth-order valence-corrected chi connectivity index (χ4v) is 2.28. The fraction of sp³-hybridized carbons (Fsp3) is 0.818. The van der Waals surface area contributed by atoms with E-state index in [2.05, 4.69) is 10.2 Å². The first-order valence-electron chi connectivity index (χ1n) is 5.74. The van der Waals surface area contributed by atoms with Crippen LogP contribution in [-0.2, 0) is 4.79 Å². The summed E-state index contributed by atoms with van der Waals surface area (Å²) < 4.78 is 0. The van der Waals surface area contributed by atoms with E-state index in [1.807, 2.05) is 13.8 Å². The molecule has 0 aromatic carbocycles. The Hall–Kier alpha value is -0.640. The molecule has 0 atom stereocenters. The topological polar surface area (TPSA) is 32.3 Å². The van der Waals surface area contributed by atoms with Crippen LogP contribution < -0.4 is 5.32 Å². The van der Waals surface area contributed by atoms with E-state index < -0.39 is 0 Å². The van der Waals surface area contributed by atoms with Crippen LogP contribution in [-0.4, -0.2) is 35.4 Å². The maximum atomic E-state index is 11.5. The molecule has 1 saturated heterocycles. The Labute approximate surface area is 97.2 Å². The van der Waals surface area contributed by atoms with Gasteiger partial charge in [0, 0.05) is 32.0 Å². The minimum atomic E-state index is 0.274. The number of Topliss-reactive ketones (excluding diaryl/α,β-unsaturated/α-hetero) is 1. The number of carbonyl (C=O) groups excluding carboxylic acids is 1. The number of ketones is 1. The molecular formula is C11H20N2OS. The van der Waals surface area contributed by atoms with Gasteiger partial charge in [0.25, 0.3) is 0 Å². The number of piperidine rings is 1. The fourth-order valence-electron chi connectivity index (χ4n) is 1.96. The van der Waals surface area contributed by atoms with Gasteiger partial charge in [-0.25, -0.2) is 0 Å². The average Bonchev–Trinajstić information content (AvgIpc) is 2.28. The van der Waals surface area contributed by atoms with Crippen LogP contribution in [0.3, 0.4) is 0 Å². The molecule has 0 aromatic rings. The van der Waals surface area contributed by atoms with Crippen LogP contribution >= 0.6 is 12.2 Å². The van der Waals surface area contributed by atoms with Gasteiger partial charge in [-0.15, -0.1) is 0 Å². The van der Waals surface area contributed by atoms with Gasteiger partial charge in [0.15, 0.2) is 5.11 Å². The highest BCUT2D eigenvalue weighted by molar-refractivity contribution is 7.80. The molecule has 0 unspecified atom stereocenters. The van der Waals surface area contributed by atoms with Crippen molar-refractivity contribution in [2.75, 3.05) is 19.6 Å². The lowest BCUT2D eigenvalue weighted by molar-refractivity contribution is -0.123. The number of thiocarbonyl (C=S) groups is 1. The van der Waals surface area contributed by atoms with E-state index in [4.69, 9.17) is 12.2 Å². The highest BCUT2D eigenvalue weighted by Gasteiger charge is 2.24. The molecule has 4 heteroatoms. The highest BCUT2D eigenvalue weighted by atomic mass is 32.1. The van der Waals surface area contributed by atoms with Crippen molar-refractivity contribution in [1.29, 1.82) is 0 Å². The van der Waals surface area contributed by atoms with Crippen LogP contribution in [0.1, 0.15) is 33.1 Å². The van der Waals surface area contributed by atoms with E-state index in [1.165, 1.54) is 0 Å². The standard InChI is InChI=1S/C11H20N2OS/c1-3-10(14)9-5-7-13(8-6-9)11(15)12-4-2/h9H,3-8H2,1-2H3,(H,12,15). The molecule has 0 radical (unpaired) electrons. The van der Waals surface area contributed by atoms with Crippen molar-refractivity contribution in [3.05, 3.63) is 0 Å². The molecule has 1 heterocycles. The van der Waals surface area contributed by atoms with Crippen molar-refractivity contribution in [3.63, 3.8) is 0 Å². The van der Waals surface area contributed by atoms with Crippen molar-refractivity contribution in [2.45, 2.75) is 33.1 Å². The van der Waals surface area contributed by atoms with Crippen molar-refractivity contribution in [3.8, 4) is 0 Å². The van der Waals surface area contributed by atoms with E-state index >= 15 is 0 Å². The van der Waals surface area contributed by atoms with E-state index in [-0.39, 0.29) is 5.92 Å². The second-order valence-corrected chi connectivity index (χ2v) is 4.30. The third kappa shape index (κ3) is 3.45. The Morgan fingerprint density at radius 1 is 1.40 bits per heavy atom. The van der Waals surface area contributed by atoms with Crippen LogP contribution in [0.4, 0.5) is 0 Å². The SMILES string of the molecule is CCNC(=S)N1CCC(C(=O)CC)CC1. The number of nitrogens with one attached hydrogen (secondary N) is 1. The Morgan fingerprint density at radius 3 is 2.47 bits per heavy atom. The number of rotatable bonds is 3. The maximum Gasteiger partial charge on any atom is 0.168 e. The van der Waals surface area contributed by atoms with Crippen molar-refractivity contribution in [2.24, 2.45) is 5.92 Å². The second-order valence-electron chi connectivity index (χ2n) is 3.92. The monoisotopic (exact) mass is 228 g/mol. The largest absolute Gasteiger partial charge is 0.363 e. The first-order valence-corrected chi connectivity index (χ1v) is 6.15. The van der Waals surface area contributed by atoms with Gasteiger partial charge in [-0.05, 0) is 32.0 Å². The minimum absolute atomic E-state index is 0.274. The molecular weight excluding hydrogens is 208 g/mol. The summed E-state index contributed by atoms with van der Waals surface area (Å²) in [6, 6.07) is 0. The summed E-state index contributed by atoms with van der Waals surface area (Å²) in [7, 11) is 0. The van der Waals surface area contributed by atoms with Crippen molar-refractivity contribution < 1.29 is 4.79 Å². The summed E-state index contributed by atoms with van der Waals surface area (Å²) >= 11 is 5.24. The quantitative estimate of drug-likeness (QED) is 0.743. The third-order valence-electron chi connectivity index (χ3n) is 2.91. The van der Waals surface area contributed by atoms with E-state index in [0.29, 0.717) is 12.2 Å². The molecule has 1 fully saturated rings. The summed E-state index contributed by atoms with van der Waals surface area (Å²) in [6.45, 7) is 6.69. The first-order chi connectivity index (χ1) is 7.19. The molecule has 15 heavy (non-hydrogen) atoms. The van der Waals surface area contributed by atoms with Crippen LogP contribution in [0, 0.1) is 5.92 Å². The molecule has 1 N–H and O–H groups in total. The molecule has 1 aliphatic heterocycles. The molecule has 0 spiro atoms. The van der Waals surface area contributed by atoms with Crippen LogP contribution in [0.15, 0.2) is 0 Å². The van der Waals surface area contributed by atoms with Gasteiger partial charge in [0.2, 0.25) is 0 Å². The normalized spacial score (nSPS) is 17.6. The second kappa shape index (κ2) is 6.05. The Balaban J connectivity index is 2.35. The number of hydrogen-bond donors (Lipinski definition) is 1. The van der Waals surface area contributed by atoms with Gasteiger partial charge in [-0.2, -0.15) is 0 Å². The molecule has 1 aliphatic rings. The molecule has 3 nitrogen and oxygen atoms in total. The predicted molar refractivity (Wildman–Crippen MR) is 65.9 cm³/mol. The Bertz CT molecular complexity index is 235. The zero-order valence-corrected chi connectivity index (χ0v) is 10.4. The van der Waals surface area contributed by atoms with Gasteiger partial charge >= 0.3 is 0 Å². The van der Waals surface area contributed by atoms with E-state index in [9.17, 15) is 4.79 Å². The van der Waals surface area contributed by atoms with E-state index in [0.717, 1.165) is 37.6 Å². The zero-order chi connectivity index (χ0) is 11.3. The van der Waals surface area contributed by atoms with Gasteiger partial charge in [-0.1, -0.05) is 6.92 Å². The molecule has 1 rings (SSSR count). The van der Waals surface area contributed by atoms with Gasteiger partial charge in [0.1, 0.15) is 5.78 Å². The van der Waals surface area contributed by atoms with Crippen molar-refractivity contribution in [1.82, 2.24) is 10.2 Å². The van der Waals surface area contributed by atoms with Crippen molar-refractivity contribution >= 4 is 23.1 Å². The maximum absolute atomic E-state index is 11.5. The molecule has 0 aromatic heterocycles. The summed E-state index contributed by atoms with van der Waals surface area (Å²) in [5.41, 5.74) is 0. The third-order valence-corrected chi connectivity index (χ3v) is 3.32. The number of carbonyl (C=O) groups is 1. The number of likely N-dealkylation sites (tertiary alicyclic amines) is 1. The lowest BCUT2D eigenvalue weighted by atomic mass is 9.91. The summed E-state index contributed by atoms with van der Waals surface area (Å²) in [6.07, 6.45) is 2.58.